The Hall–Kier alpha value is -3.51. The van der Waals surface area contributed by atoms with Crippen LogP contribution >= 0.6 is 34.8 Å². The first kappa shape index (κ1) is 23.2. The highest BCUT2D eigenvalue weighted by atomic mass is 35.5. The van der Waals surface area contributed by atoms with Gasteiger partial charge in [-0.05, 0) is 72.3 Å². The maximum absolute atomic E-state index is 12.4. The van der Waals surface area contributed by atoms with Crippen LogP contribution in [0.25, 0.3) is 28.5 Å². The summed E-state index contributed by atoms with van der Waals surface area (Å²) in [7, 11) is 0. The summed E-state index contributed by atoms with van der Waals surface area (Å²) < 4.78 is 11.6. The zero-order chi connectivity index (χ0) is 24.4. The number of hydrogen-bond donors (Lipinski definition) is 1. The minimum Gasteiger partial charge on any atom is -0.457 e. The van der Waals surface area contributed by atoms with Crippen LogP contribution < -0.4 is 5.32 Å². The molecule has 5 aromatic rings. The minimum absolute atomic E-state index is 0.307. The number of furan rings is 1. The molecule has 0 aliphatic heterocycles. The molecule has 0 radical (unpaired) electrons. The maximum Gasteiger partial charge on any atom is 0.248 e. The van der Waals surface area contributed by atoms with Crippen molar-refractivity contribution in [3.05, 3.63) is 111 Å². The molecule has 5 nitrogen and oxygen atoms in total. The Balaban J connectivity index is 1.24. The lowest BCUT2D eigenvalue weighted by Gasteiger charge is -2.01. The van der Waals surface area contributed by atoms with Crippen LogP contribution in [0, 0.1) is 0 Å². The van der Waals surface area contributed by atoms with Crippen LogP contribution in [0.2, 0.25) is 15.1 Å². The van der Waals surface area contributed by atoms with Crippen molar-refractivity contribution >= 4 is 63.6 Å². The zero-order valence-electron chi connectivity index (χ0n) is 18.1. The Bertz CT molecular complexity index is 1530. The standard InChI is InChI=1S/C27H17Cl3N2O3/c28-18-3-1-16(2-4-18)11-27-32-23-15-21(5-8-25(23)35-27)31-26(33)10-7-22-6-9-24(34-22)17-12-19(29)14-20(30)13-17/h1-10,12-15H,11H2,(H,31,33)/b10-7+. The highest BCUT2D eigenvalue weighted by Crippen LogP contribution is 2.29. The number of carbonyl (C=O) groups is 1. The van der Waals surface area contributed by atoms with Crippen molar-refractivity contribution in [2.75, 3.05) is 5.32 Å². The van der Waals surface area contributed by atoms with Gasteiger partial charge in [-0.3, -0.25) is 4.79 Å². The van der Waals surface area contributed by atoms with Crippen molar-refractivity contribution in [1.82, 2.24) is 4.98 Å². The second-order valence-corrected chi connectivity index (χ2v) is 9.09. The summed E-state index contributed by atoms with van der Waals surface area (Å²) in [5, 5.41) is 4.53. The van der Waals surface area contributed by atoms with Crippen molar-refractivity contribution in [2.24, 2.45) is 0 Å². The molecule has 8 heteroatoms. The highest BCUT2D eigenvalue weighted by Gasteiger charge is 2.09. The first-order chi connectivity index (χ1) is 16.9. The third kappa shape index (κ3) is 5.77. The van der Waals surface area contributed by atoms with Crippen LogP contribution in [0.1, 0.15) is 17.2 Å². The molecule has 0 atom stereocenters. The summed E-state index contributed by atoms with van der Waals surface area (Å²) in [4.78, 5) is 17.0. The van der Waals surface area contributed by atoms with Crippen molar-refractivity contribution in [1.29, 1.82) is 0 Å². The molecule has 2 heterocycles. The van der Waals surface area contributed by atoms with Crippen LogP contribution in [0.5, 0.6) is 0 Å². The lowest BCUT2D eigenvalue weighted by molar-refractivity contribution is -0.111. The van der Waals surface area contributed by atoms with E-state index >= 15 is 0 Å². The fraction of sp³-hybridized carbons (Fsp3) is 0.0370. The van der Waals surface area contributed by atoms with E-state index in [2.05, 4.69) is 10.3 Å². The van der Waals surface area contributed by atoms with Gasteiger partial charge in [0.05, 0.1) is 0 Å². The largest absolute Gasteiger partial charge is 0.457 e. The molecule has 0 aliphatic carbocycles. The van der Waals surface area contributed by atoms with E-state index in [4.69, 9.17) is 43.6 Å². The Labute approximate surface area is 215 Å². The van der Waals surface area contributed by atoms with Gasteiger partial charge in [0, 0.05) is 38.8 Å². The summed E-state index contributed by atoms with van der Waals surface area (Å²) in [6.07, 6.45) is 3.53. The smallest absolute Gasteiger partial charge is 0.248 e. The topological polar surface area (TPSA) is 68.3 Å². The number of hydrogen-bond acceptors (Lipinski definition) is 4. The van der Waals surface area contributed by atoms with Crippen molar-refractivity contribution < 1.29 is 13.6 Å². The number of carbonyl (C=O) groups excluding carboxylic acids is 1. The van der Waals surface area contributed by atoms with Gasteiger partial charge in [0.25, 0.3) is 0 Å². The van der Waals surface area contributed by atoms with E-state index in [1.807, 2.05) is 24.3 Å². The third-order valence-electron chi connectivity index (χ3n) is 5.14. The van der Waals surface area contributed by atoms with Gasteiger partial charge < -0.3 is 14.2 Å². The van der Waals surface area contributed by atoms with E-state index in [0.29, 0.717) is 55.7 Å². The molecule has 3 aromatic carbocycles. The number of aromatic nitrogens is 1. The van der Waals surface area contributed by atoms with Crippen LogP contribution in [0.3, 0.4) is 0 Å². The molecule has 0 aliphatic rings. The predicted molar refractivity (Wildman–Crippen MR) is 140 cm³/mol. The first-order valence-electron chi connectivity index (χ1n) is 10.6. The number of amides is 1. The average Bonchev–Trinajstić information content (AvgIpc) is 3.45. The normalized spacial score (nSPS) is 11.4. The number of nitrogens with one attached hydrogen (secondary N) is 1. The van der Waals surface area contributed by atoms with E-state index in [1.165, 1.54) is 6.08 Å². The summed E-state index contributed by atoms with van der Waals surface area (Å²) in [5.74, 6) is 1.39. The van der Waals surface area contributed by atoms with Gasteiger partial charge in [0.2, 0.25) is 5.91 Å². The number of anilines is 1. The monoisotopic (exact) mass is 522 g/mol. The van der Waals surface area contributed by atoms with Crippen LogP contribution in [-0.4, -0.2) is 10.9 Å². The molecule has 35 heavy (non-hydrogen) atoms. The number of fused-ring (bicyclic) bond motifs is 1. The average molecular weight is 524 g/mol. The molecule has 1 N–H and O–H groups in total. The fourth-order valence-electron chi connectivity index (χ4n) is 3.54. The zero-order valence-corrected chi connectivity index (χ0v) is 20.4. The second kappa shape index (κ2) is 10.0. The number of nitrogens with zero attached hydrogens (tertiary/aromatic N) is 1. The molecule has 174 valence electrons. The predicted octanol–water partition coefficient (Wildman–Crippen LogP) is 8.29. The van der Waals surface area contributed by atoms with Crippen molar-refractivity contribution in [2.45, 2.75) is 6.42 Å². The highest BCUT2D eigenvalue weighted by molar-refractivity contribution is 6.35. The van der Waals surface area contributed by atoms with E-state index in [-0.39, 0.29) is 5.91 Å². The summed E-state index contributed by atoms with van der Waals surface area (Å²) >= 11 is 18.1. The molecular weight excluding hydrogens is 507 g/mol. The molecule has 0 spiro atoms. The summed E-state index contributed by atoms with van der Waals surface area (Å²) in [6, 6.07) is 21.6. The Morgan fingerprint density at radius 2 is 1.63 bits per heavy atom. The van der Waals surface area contributed by atoms with Gasteiger partial charge >= 0.3 is 0 Å². The lowest BCUT2D eigenvalue weighted by atomic mass is 10.1. The Morgan fingerprint density at radius 1 is 0.857 bits per heavy atom. The molecular formula is C27H17Cl3N2O3. The van der Waals surface area contributed by atoms with Gasteiger partial charge in [0.1, 0.15) is 17.0 Å². The van der Waals surface area contributed by atoms with Crippen LogP contribution in [-0.2, 0) is 11.2 Å². The quantitative estimate of drug-likeness (QED) is 0.227. The molecule has 0 unspecified atom stereocenters. The van der Waals surface area contributed by atoms with Gasteiger partial charge in [0.15, 0.2) is 11.5 Å². The van der Waals surface area contributed by atoms with Crippen LogP contribution in [0.4, 0.5) is 5.69 Å². The fourth-order valence-corrected chi connectivity index (χ4v) is 4.19. The van der Waals surface area contributed by atoms with E-state index < -0.39 is 0 Å². The Kier molecular flexibility index (Phi) is 6.64. The number of benzene rings is 3. The second-order valence-electron chi connectivity index (χ2n) is 7.78. The lowest BCUT2D eigenvalue weighted by Crippen LogP contribution is -2.07. The summed E-state index contributed by atoms with van der Waals surface area (Å²) in [5.41, 5.74) is 3.70. The van der Waals surface area contributed by atoms with Crippen molar-refractivity contribution in [3.8, 4) is 11.3 Å². The van der Waals surface area contributed by atoms with Gasteiger partial charge in [-0.1, -0.05) is 46.9 Å². The maximum atomic E-state index is 12.4. The molecule has 0 bridgehead atoms. The molecule has 0 saturated heterocycles. The molecule has 0 saturated carbocycles. The molecule has 5 rings (SSSR count). The Morgan fingerprint density at radius 3 is 2.40 bits per heavy atom. The SMILES string of the molecule is O=C(/C=C/c1ccc(-c2cc(Cl)cc(Cl)c2)o1)Nc1ccc2oc(Cc3ccc(Cl)cc3)nc2c1. The minimum atomic E-state index is -0.307. The first-order valence-corrected chi connectivity index (χ1v) is 11.7. The van der Waals surface area contributed by atoms with Crippen molar-refractivity contribution in [3.63, 3.8) is 0 Å². The van der Waals surface area contributed by atoms with E-state index in [0.717, 1.165) is 11.1 Å². The van der Waals surface area contributed by atoms with Gasteiger partial charge in [-0.15, -0.1) is 0 Å². The number of halogens is 3. The number of rotatable bonds is 6. The van der Waals surface area contributed by atoms with Gasteiger partial charge in [-0.2, -0.15) is 0 Å². The van der Waals surface area contributed by atoms with E-state index in [1.54, 1.807) is 54.6 Å². The van der Waals surface area contributed by atoms with Crippen LogP contribution in [0.15, 0.2) is 87.7 Å². The number of oxazole rings is 1. The molecule has 2 aromatic heterocycles. The molecule has 1 amide bonds. The summed E-state index contributed by atoms with van der Waals surface area (Å²) in [6.45, 7) is 0. The molecule has 0 fully saturated rings. The third-order valence-corrected chi connectivity index (χ3v) is 5.83. The van der Waals surface area contributed by atoms with E-state index in [9.17, 15) is 4.79 Å². The van der Waals surface area contributed by atoms with Gasteiger partial charge in [-0.25, -0.2) is 4.98 Å².